The Bertz CT molecular complexity index is 1120. The van der Waals surface area contributed by atoms with Crippen LogP contribution in [0.1, 0.15) is 109 Å². The second-order valence-electron chi connectivity index (χ2n) is 11.4. The monoisotopic (exact) mass is 564 g/mol. The zero-order chi connectivity index (χ0) is 29.3. The van der Waals surface area contributed by atoms with Gasteiger partial charge < -0.3 is 14.4 Å². The molecule has 0 saturated carbocycles. The first-order valence-corrected chi connectivity index (χ1v) is 16.0. The number of rotatable bonds is 18. The number of allylic oxidation sites excluding steroid dienone is 4. The van der Waals surface area contributed by atoms with Gasteiger partial charge in [-0.1, -0.05) is 81.5 Å². The van der Waals surface area contributed by atoms with Crippen LogP contribution in [0.3, 0.4) is 0 Å². The highest BCUT2D eigenvalue weighted by molar-refractivity contribution is 5.92. The third-order valence-electron chi connectivity index (χ3n) is 8.01. The number of benzene rings is 1. The lowest BCUT2D eigenvalue weighted by Crippen LogP contribution is -2.26. The number of esters is 1. The van der Waals surface area contributed by atoms with Crippen LogP contribution in [0.25, 0.3) is 10.9 Å². The number of likely N-dealkylation sites (tertiary alicyclic amines) is 1. The molecule has 2 heterocycles. The number of fused-ring (bicyclic) bond motifs is 1. The van der Waals surface area contributed by atoms with Crippen molar-refractivity contribution in [2.45, 2.75) is 122 Å². The summed E-state index contributed by atoms with van der Waals surface area (Å²) in [5.41, 5.74) is 1.96. The molecule has 0 spiro atoms. The van der Waals surface area contributed by atoms with Crippen LogP contribution in [0.5, 0.6) is 0 Å². The fourth-order valence-corrected chi connectivity index (χ4v) is 5.60. The first kappa shape index (κ1) is 32.7. The third-order valence-corrected chi connectivity index (χ3v) is 8.01. The zero-order valence-corrected chi connectivity index (χ0v) is 25.7. The standard InChI is InChI=1S/C35H52N2O4/c1-4-5-6-7-8-9-10-11-12-13-14-15-16-17-18-25-34(38)40-29(2)41-35(39)37-28-30(27-31-22-21-26-36(31)3)32-23-19-20-24-33(32)37/h8-9,11-12,19-20,23-24,28-29,31H,4-7,10,13-18,21-22,25-27H2,1-3H3/b9-8-,12-11-/t29?,31-/m1/s1. The van der Waals surface area contributed by atoms with Crippen LogP contribution in [0, 0.1) is 0 Å². The van der Waals surface area contributed by atoms with E-state index in [1.54, 1.807) is 11.5 Å². The number of para-hydroxylation sites is 1. The van der Waals surface area contributed by atoms with Crippen molar-refractivity contribution in [2.75, 3.05) is 13.6 Å². The number of carbonyl (C=O) groups is 2. The molecule has 1 unspecified atom stereocenters. The fraction of sp³-hybridized carbons (Fsp3) is 0.600. The van der Waals surface area contributed by atoms with Crippen LogP contribution < -0.4 is 0 Å². The van der Waals surface area contributed by atoms with Gasteiger partial charge in [0.1, 0.15) is 0 Å². The number of aromatic nitrogens is 1. The summed E-state index contributed by atoms with van der Waals surface area (Å²) in [7, 11) is 2.16. The molecule has 1 aromatic carbocycles. The van der Waals surface area contributed by atoms with Gasteiger partial charge in [-0.05, 0) is 83.0 Å². The van der Waals surface area contributed by atoms with Crippen molar-refractivity contribution in [3.63, 3.8) is 0 Å². The van der Waals surface area contributed by atoms with Gasteiger partial charge in [0.05, 0.1) is 5.52 Å². The highest BCUT2D eigenvalue weighted by Gasteiger charge is 2.24. The van der Waals surface area contributed by atoms with E-state index in [-0.39, 0.29) is 5.97 Å². The molecule has 1 aromatic heterocycles. The molecule has 0 N–H and O–H groups in total. The van der Waals surface area contributed by atoms with Crippen molar-refractivity contribution in [1.29, 1.82) is 0 Å². The smallest absolute Gasteiger partial charge is 0.421 e. The van der Waals surface area contributed by atoms with Crippen LogP contribution in [-0.4, -0.2) is 47.5 Å². The van der Waals surface area contributed by atoms with Gasteiger partial charge in [-0.25, -0.2) is 4.79 Å². The summed E-state index contributed by atoms with van der Waals surface area (Å²) >= 11 is 0. The van der Waals surface area contributed by atoms with E-state index >= 15 is 0 Å². The molecule has 0 bridgehead atoms. The van der Waals surface area contributed by atoms with Crippen molar-refractivity contribution >= 4 is 23.0 Å². The molecular weight excluding hydrogens is 512 g/mol. The maximum atomic E-state index is 13.0. The lowest BCUT2D eigenvalue weighted by molar-refractivity contribution is -0.164. The van der Waals surface area contributed by atoms with Crippen LogP contribution >= 0.6 is 0 Å². The first-order valence-electron chi connectivity index (χ1n) is 16.0. The van der Waals surface area contributed by atoms with Crippen molar-refractivity contribution < 1.29 is 19.1 Å². The highest BCUT2D eigenvalue weighted by Crippen LogP contribution is 2.27. The van der Waals surface area contributed by atoms with Crippen molar-refractivity contribution in [3.8, 4) is 0 Å². The molecule has 41 heavy (non-hydrogen) atoms. The molecule has 1 fully saturated rings. The Morgan fingerprint density at radius 2 is 1.66 bits per heavy atom. The molecule has 0 radical (unpaired) electrons. The van der Waals surface area contributed by atoms with Crippen LogP contribution in [-0.2, 0) is 20.7 Å². The summed E-state index contributed by atoms with van der Waals surface area (Å²) < 4.78 is 12.4. The van der Waals surface area contributed by atoms with Gasteiger partial charge in [-0.2, -0.15) is 0 Å². The highest BCUT2D eigenvalue weighted by atomic mass is 16.7. The Labute approximate surface area is 247 Å². The Hall–Kier alpha value is -2.86. The Balaban J connectivity index is 1.29. The summed E-state index contributed by atoms with van der Waals surface area (Å²) in [5.74, 6) is -0.321. The molecule has 1 aliphatic rings. The van der Waals surface area contributed by atoms with E-state index in [9.17, 15) is 9.59 Å². The van der Waals surface area contributed by atoms with Crippen molar-refractivity contribution in [1.82, 2.24) is 9.47 Å². The van der Waals surface area contributed by atoms with E-state index in [1.807, 2.05) is 24.4 Å². The molecule has 6 heteroatoms. The first-order chi connectivity index (χ1) is 20.0. The van der Waals surface area contributed by atoms with Crippen LogP contribution in [0.4, 0.5) is 4.79 Å². The largest absolute Gasteiger partial charge is 0.425 e. The predicted molar refractivity (Wildman–Crippen MR) is 168 cm³/mol. The Morgan fingerprint density at radius 1 is 0.951 bits per heavy atom. The lowest BCUT2D eigenvalue weighted by atomic mass is 10.0. The van der Waals surface area contributed by atoms with Crippen molar-refractivity contribution in [2.24, 2.45) is 0 Å². The fourth-order valence-electron chi connectivity index (χ4n) is 5.60. The van der Waals surface area contributed by atoms with E-state index in [0.29, 0.717) is 12.5 Å². The predicted octanol–water partition coefficient (Wildman–Crippen LogP) is 8.97. The minimum atomic E-state index is -0.932. The average Bonchev–Trinajstić information content (AvgIpc) is 3.54. The third kappa shape index (κ3) is 11.5. The molecule has 2 aromatic rings. The summed E-state index contributed by atoms with van der Waals surface area (Å²) in [6.07, 6.45) is 25.7. The van der Waals surface area contributed by atoms with Gasteiger partial charge >= 0.3 is 12.1 Å². The molecule has 226 valence electrons. The van der Waals surface area contributed by atoms with Gasteiger partial charge in [0, 0.05) is 31.0 Å². The van der Waals surface area contributed by atoms with Crippen LogP contribution in [0.15, 0.2) is 54.8 Å². The minimum absolute atomic E-state index is 0.321. The van der Waals surface area contributed by atoms with Gasteiger partial charge in [-0.15, -0.1) is 0 Å². The number of hydrogen-bond donors (Lipinski definition) is 0. The summed E-state index contributed by atoms with van der Waals surface area (Å²) in [6.45, 7) is 4.95. The summed E-state index contributed by atoms with van der Waals surface area (Å²) in [4.78, 5) is 27.7. The second kappa shape index (κ2) is 18.5. The molecule has 1 aliphatic heterocycles. The topological polar surface area (TPSA) is 60.8 Å². The molecular formula is C35H52N2O4. The average molecular weight is 565 g/mol. The molecule has 2 atom stereocenters. The van der Waals surface area contributed by atoms with Gasteiger partial charge in [-0.3, -0.25) is 9.36 Å². The molecule has 0 aliphatic carbocycles. The number of ether oxygens (including phenoxy) is 2. The number of carbonyl (C=O) groups excluding carboxylic acids is 2. The SMILES string of the molecule is CCCCC/C=C\C/C=C\CCCCCCCC(=O)OC(C)OC(=O)n1cc(C[C@H]2CCCN2C)c2ccccc21. The summed E-state index contributed by atoms with van der Waals surface area (Å²) in [5, 5.41) is 1.07. The zero-order valence-electron chi connectivity index (χ0n) is 25.7. The molecule has 3 rings (SSSR count). The van der Waals surface area contributed by atoms with Gasteiger partial charge in [0.15, 0.2) is 0 Å². The number of nitrogens with zero attached hydrogens (tertiary/aromatic N) is 2. The van der Waals surface area contributed by atoms with E-state index in [0.717, 1.165) is 61.5 Å². The molecule has 0 amide bonds. The van der Waals surface area contributed by atoms with E-state index < -0.39 is 12.4 Å². The number of hydrogen-bond acceptors (Lipinski definition) is 5. The Morgan fingerprint density at radius 3 is 2.39 bits per heavy atom. The number of unbranched alkanes of at least 4 members (excludes halogenated alkanes) is 8. The minimum Gasteiger partial charge on any atom is -0.425 e. The van der Waals surface area contributed by atoms with Gasteiger partial charge in [0.2, 0.25) is 6.29 Å². The molecule has 6 nitrogen and oxygen atoms in total. The van der Waals surface area contributed by atoms with E-state index in [1.165, 1.54) is 51.4 Å². The summed E-state index contributed by atoms with van der Waals surface area (Å²) in [6, 6.07) is 8.39. The van der Waals surface area contributed by atoms with Crippen LogP contribution in [0.2, 0.25) is 0 Å². The lowest BCUT2D eigenvalue weighted by Gasteiger charge is -2.18. The van der Waals surface area contributed by atoms with E-state index in [2.05, 4.69) is 49.2 Å². The van der Waals surface area contributed by atoms with E-state index in [4.69, 9.17) is 9.47 Å². The number of likely N-dealkylation sites (N-methyl/N-ethyl adjacent to an activating group) is 1. The second-order valence-corrected chi connectivity index (χ2v) is 11.4. The Kier molecular flexibility index (Phi) is 14.8. The quantitative estimate of drug-likeness (QED) is 0.0783. The molecule has 1 saturated heterocycles. The van der Waals surface area contributed by atoms with Gasteiger partial charge in [0.25, 0.3) is 0 Å². The normalized spacial score (nSPS) is 16.7. The maximum Gasteiger partial charge on any atom is 0.421 e. The van der Waals surface area contributed by atoms with Crippen molar-refractivity contribution in [3.05, 3.63) is 60.3 Å². The maximum absolute atomic E-state index is 13.0.